The fourth-order valence-electron chi connectivity index (χ4n) is 3.35. The summed E-state index contributed by atoms with van der Waals surface area (Å²) in [7, 11) is -3.05. The number of thioether (sulfide) groups is 1. The van der Waals surface area contributed by atoms with E-state index < -0.39 is 9.84 Å². The van der Waals surface area contributed by atoms with Gasteiger partial charge in [-0.1, -0.05) is 41.6 Å². The van der Waals surface area contributed by atoms with Crippen molar-refractivity contribution in [2.75, 3.05) is 28.8 Å². The molecule has 1 fully saturated rings. The number of amidine groups is 1. The topological polar surface area (TPSA) is 59.0 Å². The van der Waals surface area contributed by atoms with Crippen LogP contribution in [0.1, 0.15) is 0 Å². The molecule has 0 bridgehead atoms. The van der Waals surface area contributed by atoms with E-state index in [1.54, 1.807) is 11.8 Å². The zero-order valence-electron chi connectivity index (χ0n) is 14.5. The number of anilines is 1. The van der Waals surface area contributed by atoms with Crippen LogP contribution < -0.4 is 9.64 Å². The van der Waals surface area contributed by atoms with Gasteiger partial charge in [0.25, 0.3) is 0 Å². The van der Waals surface area contributed by atoms with Crippen LogP contribution in [0.4, 0.5) is 5.69 Å². The number of ether oxygens (including phenoxy) is 1. The van der Waals surface area contributed by atoms with E-state index in [9.17, 15) is 8.42 Å². The van der Waals surface area contributed by atoms with Gasteiger partial charge in [0.1, 0.15) is 5.75 Å². The summed E-state index contributed by atoms with van der Waals surface area (Å²) in [4.78, 5) is 6.75. The molecule has 0 N–H and O–H groups in total. The van der Waals surface area contributed by atoms with Crippen molar-refractivity contribution < 1.29 is 13.2 Å². The van der Waals surface area contributed by atoms with Gasteiger partial charge in [-0.3, -0.25) is 4.99 Å². The van der Waals surface area contributed by atoms with Gasteiger partial charge in [0.2, 0.25) is 0 Å². The molecule has 0 amide bonds. The fourth-order valence-corrected chi connectivity index (χ4v) is 6.26. The van der Waals surface area contributed by atoms with Crippen LogP contribution in [0.5, 0.6) is 5.75 Å². The average molecular weight is 423 g/mol. The molecule has 27 heavy (non-hydrogen) atoms. The lowest BCUT2D eigenvalue weighted by Gasteiger charge is -2.26. The second kappa shape index (κ2) is 7.73. The summed E-state index contributed by atoms with van der Waals surface area (Å²) in [6.07, 6.45) is 0. The van der Waals surface area contributed by atoms with Crippen LogP contribution >= 0.6 is 23.4 Å². The van der Waals surface area contributed by atoms with Crippen molar-refractivity contribution in [1.82, 2.24) is 0 Å². The zero-order chi connectivity index (χ0) is 18.9. The summed E-state index contributed by atoms with van der Waals surface area (Å²) in [5, 5.41) is 1.50. The molecule has 0 radical (unpaired) electrons. The number of benzene rings is 2. The highest BCUT2D eigenvalue weighted by molar-refractivity contribution is 8.14. The molecule has 1 saturated heterocycles. The Balaban J connectivity index is 1.46. The SMILES string of the molecule is O=S1(=O)C[C@@H]2[C@@H](C1)N=C(SCCOc1ccccc1)N2c1ccc(Cl)cc1. The van der Waals surface area contributed by atoms with E-state index in [1.165, 1.54) is 0 Å². The lowest BCUT2D eigenvalue weighted by atomic mass is 10.1. The molecular weight excluding hydrogens is 404 g/mol. The van der Waals surface area contributed by atoms with Gasteiger partial charge in [-0.2, -0.15) is 0 Å². The first kappa shape index (κ1) is 18.7. The lowest BCUT2D eigenvalue weighted by molar-refractivity contribution is 0.344. The average Bonchev–Trinajstić information content (AvgIpc) is 3.11. The predicted molar refractivity (Wildman–Crippen MR) is 112 cm³/mol. The highest BCUT2D eigenvalue weighted by Crippen LogP contribution is 2.35. The smallest absolute Gasteiger partial charge is 0.164 e. The van der Waals surface area contributed by atoms with Crippen molar-refractivity contribution >= 4 is 44.1 Å². The molecule has 0 aliphatic carbocycles. The van der Waals surface area contributed by atoms with Crippen molar-refractivity contribution in [1.29, 1.82) is 0 Å². The first-order chi connectivity index (χ1) is 13.0. The molecule has 2 atom stereocenters. The van der Waals surface area contributed by atoms with Gasteiger partial charge >= 0.3 is 0 Å². The molecule has 142 valence electrons. The largest absolute Gasteiger partial charge is 0.493 e. The number of halogens is 1. The minimum absolute atomic E-state index is 0.117. The molecule has 2 aromatic rings. The third-order valence-electron chi connectivity index (χ3n) is 4.54. The number of para-hydroxylation sites is 1. The molecule has 0 saturated carbocycles. The second-order valence-corrected chi connectivity index (χ2v) is 10.1. The summed E-state index contributed by atoms with van der Waals surface area (Å²) in [5.41, 5.74) is 0.916. The standard InChI is InChI=1S/C19H19ClN2O3S2/c20-14-6-8-15(9-7-14)22-18-13-27(23,24)12-17(18)21-19(22)26-11-10-25-16-4-2-1-3-5-16/h1-9,17-18H,10-13H2/t17-,18-/m1/s1. The Hall–Kier alpha value is -1.70. The van der Waals surface area contributed by atoms with Crippen LogP contribution in [0, 0.1) is 0 Å². The van der Waals surface area contributed by atoms with Gasteiger partial charge in [-0.05, 0) is 36.4 Å². The van der Waals surface area contributed by atoms with E-state index in [4.69, 9.17) is 21.3 Å². The predicted octanol–water partition coefficient (Wildman–Crippen LogP) is 3.49. The van der Waals surface area contributed by atoms with Crippen molar-refractivity contribution in [3.8, 4) is 5.75 Å². The van der Waals surface area contributed by atoms with Crippen molar-refractivity contribution in [2.24, 2.45) is 4.99 Å². The molecule has 2 aromatic carbocycles. The number of hydrogen-bond donors (Lipinski definition) is 0. The van der Waals surface area contributed by atoms with Crippen molar-refractivity contribution in [3.05, 3.63) is 59.6 Å². The fraction of sp³-hybridized carbons (Fsp3) is 0.316. The Kier molecular flexibility index (Phi) is 5.34. The minimum atomic E-state index is -3.05. The molecule has 0 unspecified atom stereocenters. The summed E-state index contributed by atoms with van der Waals surface area (Å²) >= 11 is 7.60. The third kappa shape index (κ3) is 4.25. The quantitative estimate of drug-likeness (QED) is 0.690. The van der Waals surface area contributed by atoms with Crippen LogP contribution in [-0.4, -0.2) is 49.5 Å². The highest BCUT2D eigenvalue weighted by atomic mass is 35.5. The number of rotatable bonds is 5. The molecule has 0 spiro atoms. The van der Waals surface area contributed by atoms with Gasteiger partial charge < -0.3 is 9.64 Å². The molecule has 2 heterocycles. The molecule has 2 aliphatic rings. The molecule has 2 aliphatic heterocycles. The van der Waals surface area contributed by atoms with E-state index in [0.717, 1.165) is 22.4 Å². The number of nitrogens with zero attached hydrogens (tertiary/aromatic N) is 2. The number of fused-ring (bicyclic) bond motifs is 1. The van der Waals surface area contributed by atoms with Crippen LogP contribution in [0.2, 0.25) is 5.02 Å². The summed E-state index contributed by atoms with van der Waals surface area (Å²) < 4.78 is 29.9. The van der Waals surface area contributed by atoms with E-state index in [2.05, 4.69) is 0 Å². The van der Waals surface area contributed by atoms with Crippen LogP contribution in [-0.2, 0) is 9.84 Å². The monoisotopic (exact) mass is 422 g/mol. The van der Waals surface area contributed by atoms with E-state index >= 15 is 0 Å². The maximum atomic E-state index is 12.1. The molecule has 8 heteroatoms. The molecule has 0 aromatic heterocycles. The summed E-state index contributed by atoms with van der Waals surface area (Å²) in [5.74, 6) is 1.81. The molecular formula is C19H19ClN2O3S2. The van der Waals surface area contributed by atoms with Crippen LogP contribution in [0.3, 0.4) is 0 Å². The van der Waals surface area contributed by atoms with Crippen molar-refractivity contribution in [3.63, 3.8) is 0 Å². The summed E-state index contributed by atoms with van der Waals surface area (Å²) in [6.45, 7) is 0.551. The maximum absolute atomic E-state index is 12.1. The Bertz CT molecular complexity index is 933. The van der Waals surface area contributed by atoms with E-state index in [1.807, 2.05) is 59.5 Å². The zero-order valence-corrected chi connectivity index (χ0v) is 16.9. The molecule has 5 nitrogen and oxygen atoms in total. The number of aliphatic imine (C=N–C) groups is 1. The van der Waals surface area contributed by atoms with Crippen LogP contribution in [0.15, 0.2) is 59.6 Å². The lowest BCUT2D eigenvalue weighted by Crippen LogP contribution is -2.39. The second-order valence-electron chi connectivity index (χ2n) is 6.48. The maximum Gasteiger partial charge on any atom is 0.164 e. The molecule has 4 rings (SSSR count). The Morgan fingerprint density at radius 1 is 1.11 bits per heavy atom. The number of sulfone groups is 1. The first-order valence-corrected chi connectivity index (χ1v) is 11.8. The highest BCUT2D eigenvalue weighted by Gasteiger charge is 2.47. The summed E-state index contributed by atoms with van der Waals surface area (Å²) in [6, 6.07) is 16.8. The number of hydrogen-bond acceptors (Lipinski definition) is 6. The van der Waals surface area contributed by atoms with E-state index in [0.29, 0.717) is 11.6 Å². The van der Waals surface area contributed by atoms with Gasteiger partial charge in [0.05, 0.1) is 30.2 Å². The minimum Gasteiger partial charge on any atom is -0.493 e. The van der Waals surface area contributed by atoms with E-state index in [-0.39, 0.29) is 23.6 Å². The van der Waals surface area contributed by atoms with Gasteiger partial charge in [0, 0.05) is 16.5 Å². The third-order valence-corrected chi connectivity index (χ3v) is 7.42. The van der Waals surface area contributed by atoms with Crippen molar-refractivity contribution in [2.45, 2.75) is 12.1 Å². The Morgan fingerprint density at radius 3 is 2.59 bits per heavy atom. The van der Waals surface area contributed by atoms with Gasteiger partial charge in [-0.25, -0.2) is 8.42 Å². The normalized spacial score (nSPS) is 23.1. The Morgan fingerprint density at radius 2 is 1.85 bits per heavy atom. The Labute approximate surface area is 168 Å². The van der Waals surface area contributed by atoms with Gasteiger partial charge in [0.15, 0.2) is 15.0 Å². The van der Waals surface area contributed by atoms with Gasteiger partial charge in [-0.15, -0.1) is 0 Å². The first-order valence-electron chi connectivity index (χ1n) is 8.65. The van der Waals surface area contributed by atoms with Crippen LogP contribution in [0.25, 0.3) is 0 Å².